The molecule has 1 heterocycles. The molecule has 1 aliphatic heterocycles. The molecule has 5 heteroatoms. The van der Waals surface area contributed by atoms with Crippen LogP contribution in [0.25, 0.3) is 0 Å². The molecule has 0 bridgehead atoms. The number of aliphatic hydroxyl groups is 1. The van der Waals surface area contributed by atoms with Gasteiger partial charge in [-0.3, -0.25) is 4.90 Å². The highest BCUT2D eigenvalue weighted by atomic mass is 16.3. The maximum absolute atomic E-state index is 9.64. The van der Waals surface area contributed by atoms with Crippen LogP contribution in [0.2, 0.25) is 0 Å². The predicted molar refractivity (Wildman–Crippen MR) is 90.6 cm³/mol. The number of benzene rings is 1. The van der Waals surface area contributed by atoms with Crippen molar-refractivity contribution < 1.29 is 5.11 Å². The van der Waals surface area contributed by atoms with E-state index in [1.54, 1.807) is 0 Å². The van der Waals surface area contributed by atoms with Crippen molar-refractivity contribution in [1.29, 1.82) is 0 Å². The van der Waals surface area contributed by atoms with Gasteiger partial charge in [-0.2, -0.15) is 0 Å². The number of aliphatic imine (C=N–C) groups is 1. The van der Waals surface area contributed by atoms with E-state index in [-0.39, 0.29) is 6.10 Å². The summed E-state index contributed by atoms with van der Waals surface area (Å²) in [5.41, 5.74) is 8.35. The maximum atomic E-state index is 9.64. The number of nitrogens with one attached hydrogen (secondary N) is 1. The van der Waals surface area contributed by atoms with E-state index in [2.05, 4.69) is 40.3 Å². The molecule has 1 aromatic rings. The van der Waals surface area contributed by atoms with E-state index in [1.165, 1.54) is 11.1 Å². The molecule has 1 atom stereocenters. The Bertz CT molecular complexity index is 489. The lowest BCUT2D eigenvalue weighted by atomic mass is 10.1. The molecule has 0 aromatic heterocycles. The number of nitrogens with zero attached hydrogens (tertiary/aromatic N) is 2. The van der Waals surface area contributed by atoms with Gasteiger partial charge in [-0.25, -0.2) is 4.99 Å². The summed E-state index contributed by atoms with van der Waals surface area (Å²) in [5, 5.41) is 12.8. The number of hydrogen-bond donors (Lipinski definition) is 3. The summed E-state index contributed by atoms with van der Waals surface area (Å²) in [6.07, 6.45) is 2.94. The Balaban J connectivity index is 1.91. The van der Waals surface area contributed by atoms with E-state index < -0.39 is 0 Å². The van der Waals surface area contributed by atoms with Crippen LogP contribution in [-0.4, -0.2) is 41.7 Å². The number of guanidine groups is 1. The summed E-state index contributed by atoms with van der Waals surface area (Å²) in [7, 11) is 0. The average Bonchev–Trinajstić information content (AvgIpc) is 2.92. The first-order valence-electron chi connectivity index (χ1n) is 8.20. The summed E-state index contributed by atoms with van der Waals surface area (Å²) in [5.74, 6) is 0.514. The van der Waals surface area contributed by atoms with Crippen LogP contribution in [-0.2, 0) is 13.1 Å². The Labute approximate surface area is 133 Å². The van der Waals surface area contributed by atoms with Crippen LogP contribution in [0.5, 0.6) is 0 Å². The zero-order valence-electron chi connectivity index (χ0n) is 13.5. The summed E-state index contributed by atoms with van der Waals surface area (Å²) in [4.78, 5) is 6.72. The van der Waals surface area contributed by atoms with Gasteiger partial charge in [-0.15, -0.1) is 0 Å². The minimum atomic E-state index is -0.177. The Morgan fingerprint density at radius 2 is 2.18 bits per heavy atom. The van der Waals surface area contributed by atoms with Crippen LogP contribution in [0.3, 0.4) is 0 Å². The molecule has 1 fully saturated rings. The molecule has 0 aliphatic carbocycles. The van der Waals surface area contributed by atoms with Crippen molar-refractivity contribution in [1.82, 2.24) is 10.2 Å². The van der Waals surface area contributed by atoms with Crippen LogP contribution < -0.4 is 11.1 Å². The SMILES string of the molecule is CCCCNC(N)=NCc1ccccc1CN1CCC(O)C1. The molecular formula is C17H28N4O. The van der Waals surface area contributed by atoms with Crippen molar-refractivity contribution in [3.8, 4) is 0 Å². The standard InChI is InChI=1S/C17H28N4O/c1-2-3-9-19-17(18)20-11-14-6-4-5-7-15(14)12-21-10-8-16(22)13-21/h4-7,16,22H,2-3,8-13H2,1H3,(H3,18,19,20). The van der Waals surface area contributed by atoms with Crippen LogP contribution in [0.4, 0.5) is 0 Å². The summed E-state index contributed by atoms with van der Waals surface area (Å²) in [6, 6.07) is 8.33. The topological polar surface area (TPSA) is 73.9 Å². The molecule has 0 spiro atoms. The second kappa shape index (κ2) is 8.76. The Kier molecular flexibility index (Phi) is 6.68. The van der Waals surface area contributed by atoms with Crippen molar-refractivity contribution in [3.05, 3.63) is 35.4 Å². The van der Waals surface area contributed by atoms with E-state index in [4.69, 9.17) is 5.73 Å². The van der Waals surface area contributed by atoms with Crippen LogP contribution in [0, 0.1) is 0 Å². The predicted octanol–water partition coefficient (Wildman–Crippen LogP) is 1.46. The second-order valence-electron chi connectivity index (χ2n) is 5.93. The molecule has 1 saturated heterocycles. The smallest absolute Gasteiger partial charge is 0.188 e. The number of hydrogen-bond acceptors (Lipinski definition) is 3. The molecule has 1 aromatic carbocycles. The lowest BCUT2D eigenvalue weighted by Crippen LogP contribution is -2.32. The van der Waals surface area contributed by atoms with Gasteiger partial charge in [0.05, 0.1) is 12.6 Å². The molecule has 2 rings (SSSR count). The lowest BCUT2D eigenvalue weighted by Gasteiger charge is -2.17. The molecule has 0 amide bonds. The van der Waals surface area contributed by atoms with Crippen molar-refractivity contribution in [2.75, 3.05) is 19.6 Å². The van der Waals surface area contributed by atoms with Gasteiger partial charge in [0.2, 0.25) is 0 Å². The number of likely N-dealkylation sites (tertiary alicyclic amines) is 1. The number of unbranched alkanes of at least 4 members (excludes halogenated alkanes) is 1. The highest BCUT2D eigenvalue weighted by Gasteiger charge is 2.20. The summed E-state index contributed by atoms with van der Waals surface area (Å²) >= 11 is 0. The summed E-state index contributed by atoms with van der Waals surface area (Å²) in [6.45, 7) is 6.21. The molecular weight excluding hydrogens is 276 g/mol. The molecule has 4 N–H and O–H groups in total. The first-order valence-corrected chi connectivity index (χ1v) is 8.20. The Morgan fingerprint density at radius 1 is 1.41 bits per heavy atom. The van der Waals surface area contributed by atoms with Gasteiger partial charge in [0, 0.05) is 26.2 Å². The molecule has 1 aliphatic rings. The van der Waals surface area contributed by atoms with Crippen molar-refractivity contribution in [3.63, 3.8) is 0 Å². The third-order valence-corrected chi connectivity index (χ3v) is 4.02. The van der Waals surface area contributed by atoms with Gasteiger partial charge >= 0.3 is 0 Å². The average molecular weight is 304 g/mol. The quantitative estimate of drug-likeness (QED) is 0.405. The largest absolute Gasteiger partial charge is 0.392 e. The normalized spacial score (nSPS) is 19.5. The van der Waals surface area contributed by atoms with Crippen molar-refractivity contribution >= 4 is 5.96 Å². The van der Waals surface area contributed by atoms with E-state index in [0.717, 1.165) is 45.4 Å². The molecule has 5 nitrogen and oxygen atoms in total. The number of rotatable bonds is 7. The summed E-state index contributed by atoms with van der Waals surface area (Å²) < 4.78 is 0. The van der Waals surface area contributed by atoms with Gasteiger partial charge < -0.3 is 16.2 Å². The van der Waals surface area contributed by atoms with Gasteiger partial charge in [0.1, 0.15) is 0 Å². The first kappa shape index (κ1) is 16.8. The van der Waals surface area contributed by atoms with E-state index in [0.29, 0.717) is 12.5 Å². The molecule has 0 radical (unpaired) electrons. The Morgan fingerprint density at radius 3 is 2.86 bits per heavy atom. The third-order valence-electron chi connectivity index (χ3n) is 4.02. The molecule has 0 saturated carbocycles. The van der Waals surface area contributed by atoms with Gasteiger partial charge in [-0.05, 0) is 24.0 Å². The minimum Gasteiger partial charge on any atom is -0.392 e. The van der Waals surface area contributed by atoms with E-state index in [9.17, 15) is 5.11 Å². The Hall–Kier alpha value is -1.59. The highest BCUT2D eigenvalue weighted by molar-refractivity contribution is 5.77. The van der Waals surface area contributed by atoms with Gasteiger partial charge in [-0.1, -0.05) is 37.6 Å². The van der Waals surface area contributed by atoms with Gasteiger partial charge in [0.15, 0.2) is 5.96 Å². The van der Waals surface area contributed by atoms with Crippen molar-refractivity contribution in [2.24, 2.45) is 10.7 Å². The fourth-order valence-electron chi connectivity index (χ4n) is 2.68. The number of aliphatic hydroxyl groups excluding tert-OH is 1. The lowest BCUT2D eigenvalue weighted by molar-refractivity contribution is 0.174. The van der Waals surface area contributed by atoms with Crippen LogP contribution >= 0.6 is 0 Å². The van der Waals surface area contributed by atoms with E-state index in [1.807, 2.05) is 6.07 Å². The molecule has 22 heavy (non-hydrogen) atoms. The van der Waals surface area contributed by atoms with Crippen LogP contribution in [0.15, 0.2) is 29.3 Å². The number of nitrogens with two attached hydrogens (primary N) is 1. The first-order chi connectivity index (χ1) is 10.7. The van der Waals surface area contributed by atoms with Crippen LogP contribution in [0.1, 0.15) is 37.3 Å². The van der Waals surface area contributed by atoms with E-state index >= 15 is 0 Å². The zero-order chi connectivity index (χ0) is 15.8. The fraction of sp³-hybridized carbons (Fsp3) is 0.588. The number of β-amino-alcohol motifs (C(OH)–C–C–N with tert-alkyl or cyclic N) is 1. The maximum Gasteiger partial charge on any atom is 0.188 e. The monoisotopic (exact) mass is 304 g/mol. The van der Waals surface area contributed by atoms with Crippen molar-refractivity contribution in [2.45, 2.75) is 45.4 Å². The minimum absolute atomic E-state index is 0.177. The third kappa shape index (κ3) is 5.31. The van der Waals surface area contributed by atoms with Gasteiger partial charge in [0.25, 0.3) is 0 Å². The second-order valence-corrected chi connectivity index (χ2v) is 5.93. The highest BCUT2D eigenvalue weighted by Crippen LogP contribution is 2.17. The fourth-order valence-corrected chi connectivity index (χ4v) is 2.68. The zero-order valence-corrected chi connectivity index (χ0v) is 13.5. The molecule has 1 unspecified atom stereocenters. The molecule has 122 valence electrons.